The first-order valence-electron chi connectivity index (χ1n) is 5.95. The molecule has 0 spiro atoms. The summed E-state index contributed by atoms with van der Waals surface area (Å²) in [7, 11) is 0. The highest BCUT2D eigenvalue weighted by Gasteiger charge is 2.17. The number of hydrogen-bond acceptors (Lipinski definition) is 4. The van der Waals surface area contributed by atoms with Crippen LogP contribution in [-0.4, -0.2) is 15.7 Å². The van der Waals surface area contributed by atoms with Crippen LogP contribution < -0.4 is 5.73 Å². The van der Waals surface area contributed by atoms with E-state index in [0.717, 1.165) is 21.0 Å². The van der Waals surface area contributed by atoms with Crippen LogP contribution in [0.15, 0.2) is 30.5 Å². The minimum atomic E-state index is -0.718. The summed E-state index contributed by atoms with van der Waals surface area (Å²) in [5, 5.41) is 10.9. The minimum Gasteiger partial charge on any atom is -0.390 e. The summed E-state index contributed by atoms with van der Waals surface area (Å²) < 4.78 is 0. The molecular formula is C14H19ClN2OS. The minimum absolute atomic E-state index is 0. The second-order valence-corrected chi connectivity index (χ2v) is 6.10. The maximum Gasteiger partial charge on any atom is 0.123 e. The first-order chi connectivity index (χ1) is 8.49. The van der Waals surface area contributed by atoms with Crippen LogP contribution in [0, 0.1) is 0 Å². The van der Waals surface area contributed by atoms with E-state index in [9.17, 15) is 5.11 Å². The fraction of sp³-hybridized carbons (Fsp3) is 0.357. The predicted octanol–water partition coefficient (Wildman–Crippen LogP) is 3.00. The first kappa shape index (κ1) is 16.1. The van der Waals surface area contributed by atoms with Crippen LogP contribution in [0.25, 0.3) is 10.6 Å². The Hall–Kier alpha value is -0.940. The van der Waals surface area contributed by atoms with Crippen molar-refractivity contribution in [2.24, 2.45) is 5.73 Å². The third-order valence-electron chi connectivity index (χ3n) is 2.63. The van der Waals surface area contributed by atoms with E-state index in [0.29, 0.717) is 13.0 Å². The number of aromatic nitrogens is 1. The monoisotopic (exact) mass is 298 g/mol. The molecule has 2 aromatic rings. The zero-order valence-electron chi connectivity index (χ0n) is 11.1. The van der Waals surface area contributed by atoms with E-state index in [1.54, 1.807) is 11.3 Å². The standard InChI is InChI=1S/C14H18N2OS.ClH/c1-14(2,17)7-10-5-3-4-6-12(10)13-16-9-11(8-15)18-13;/h3-6,9,17H,7-8,15H2,1-2H3;1H. The van der Waals surface area contributed by atoms with Gasteiger partial charge in [0.1, 0.15) is 5.01 Å². The summed E-state index contributed by atoms with van der Waals surface area (Å²) in [5.74, 6) is 0. The number of thiazole rings is 1. The number of nitrogens with zero attached hydrogens (tertiary/aromatic N) is 1. The van der Waals surface area contributed by atoms with Gasteiger partial charge in [-0.1, -0.05) is 24.3 Å². The van der Waals surface area contributed by atoms with Gasteiger partial charge < -0.3 is 10.8 Å². The van der Waals surface area contributed by atoms with E-state index in [1.165, 1.54) is 0 Å². The van der Waals surface area contributed by atoms with Crippen molar-refractivity contribution in [3.05, 3.63) is 40.9 Å². The van der Waals surface area contributed by atoms with Crippen LogP contribution in [0.5, 0.6) is 0 Å². The van der Waals surface area contributed by atoms with Crippen LogP contribution in [0.4, 0.5) is 0 Å². The summed E-state index contributed by atoms with van der Waals surface area (Å²) in [6.45, 7) is 4.15. The van der Waals surface area contributed by atoms with Crippen LogP contribution in [0.3, 0.4) is 0 Å². The van der Waals surface area contributed by atoms with Crippen molar-refractivity contribution < 1.29 is 5.11 Å². The largest absolute Gasteiger partial charge is 0.390 e. The Morgan fingerprint density at radius 1 is 1.32 bits per heavy atom. The molecule has 1 aromatic heterocycles. The molecule has 3 N–H and O–H groups in total. The molecule has 0 unspecified atom stereocenters. The van der Waals surface area contributed by atoms with Gasteiger partial charge in [-0.15, -0.1) is 23.7 Å². The molecule has 0 bridgehead atoms. The van der Waals surface area contributed by atoms with Gasteiger partial charge in [-0.3, -0.25) is 0 Å². The van der Waals surface area contributed by atoms with Crippen LogP contribution in [0.2, 0.25) is 0 Å². The normalized spacial score (nSPS) is 11.2. The zero-order valence-corrected chi connectivity index (χ0v) is 12.7. The van der Waals surface area contributed by atoms with Gasteiger partial charge in [-0.2, -0.15) is 0 Å². The van der Waals surface area contributed by atoms with Gasteiger partial charge in [-0.05, 0) is 19.4 Å². The Morgan fingerprint density at radius 3 is 2.58 bits per heavy atom. The van der Waals surface area contributed by atoms with Crippen molar-refractivity contribution in [3.63, 3.8) is 0 Å². The Balaban J connectivity index is 0.00000180. The molecule has 5 heteroatoms. The fourth-order valence-corrected chi connectivity index (χ4v) is 2.73. The molecule has 104 valence electrons. The number of rotatable bonds is 4. The second-order valence-electron chi connectivity index (χ2n) is 4.98. The number of halogens is 1. The summed E-state index contributed by atoms with van der Waals surface area (Å²) >= 11 is 1.61. The molecule has 0 aliphatic carbocycles. The van der Waals surface area contributed by atoms with E-state index in [4.69, 9.17) is 5.73 Å². The average molecular weight is 299 g/mol. The first-order valence-corrected chi connectivity index (χ1v) is 6.77. The van der Waals surface area contributed by atoms with Gasteiger partial charge >= 0.3 is 0 Å². The fourth-order valence-electron chi connectivity index (χ4n) is 1.88. The molecule has 0 fully saturated rings. The highest BCUT2D eigenvalue weighted by molar-refractivity contribution is 7.15. The molecular weight excluding hydrogens is 280 g/mol. The zero-order chi connectivity index (χ0) is 13.2. The Kier molecular flexibility index (Phi) is 5.50. The van der Waals surface area contributed by atoms with Gasteiger partial charge in [-0.25, -0.2) is 4.98 Å². The summed E-state index contributed by atoms with van der Waals surface area (Å²) in [6.07, 6.45) is 2.43. The maximum atomic E-state index is 9.96. The molecule has 0 aliphatic heterocycles. The van der Waals surface area contributed by atoms with E-state index in [2.05, 4.69) is 4.98 Å². The Labute approximate surface area is 123 Å². The van der Waals surface area contributed by atoms with E-state index < -0.39 is 5.60 Å². The summed E-state index contributed by atoms with van der Waals surface area (Å²) in [4.78, 5) is 5.48. The lowest BCUT2D eigenvalue weighted by molar-refractivity contribution is 0.0811. The van der Waals surface area contributed by atoms with E-state index in [1.807, 2.05) is 44.3 Å². The highest BCUT2D eigenvalue weighted by atomic mass is 35.5. The van der Waals surface area contributed by atoms with E-state index >= 15 is 0 Å². The maximum absolute atomic E-state index is 9.96. The van der Waals surface area contributed by atoms with Gasteiger partial charge in [0.25, 0.3) is 0 Å². The molecule has 0 aliphatic rings. The van der Waals surface area contributed by atoms with Crippen molar-refractivity contribution in [1.29, 1.82) is 0 Å². The SMILES string of the molecule is CC(C)(O)Cc1ccccc1-c1ncc(CN)s1.Cl. The Bertz CT molecular complexity index is 534. The van der Waals surface area contributed by atoms with Crippen LogP contribution >= 0.6 is 23.7 Å². The quantitative estimate of drug-likeness (QED) is 0.912. The van der Waals surface area contributed by atoms with Crippen molar-refractivity contribution in [2.75, 3.05) is 0 Å². The average Bonchev–Trinajstić information content (AvgIpc) is 2.76. The topological polar surface area (TPSA) is 59.1 Å². The molecule has 1 heterocycles. The van der Waals surface area contributed by atoms with Crippen LogP contribution in [0.1, 0.15) is 24.3 Å². The third-order valence-corrected chi connectivity index (χ3v) is 3.68. The lowest BCUT2D eigenvalue weighted by atomic mass is 9.95. The van der Waals surface area contributed by atoms with Crippen molar-refractivity contribution in [1.82, 2.24) is 4.98 Å². The second kappa shape index (κ2) is 6.48. The molecule has 0 atom stereocenters. The van der Waals surface area contributed by atoms with Gasteiger partial charge in [0.15, 0.2) is 0 Å². The van der Waals surface area contributed by atoms with Crippen molar-refractivity contribution in [3.8, 4) is 10.6 Å². The van der Waals surface area contributed by atoms with Crippen LogP contribution in [-0.2, 0) is 13.0 Å². The number of nitrogens with two attached hydrogens (primary N) is 1. The van der Waals surface area contributed by atoms with E-state index in [-0.39, 0.29) is 12.4 Å². The Morgan fingerprint density at radius 2 is 2.00 bits per heavy atom. The molecule has 0 saturated heterocycles. The molecule has 3 nitrogen and oxygen atoms in total. The lowest BCUT2D eigenvalue weighted by Crippen LogP contribution is -2.22. The van der Waals surface area contributed by atoms with Crippen molar-refractivity contribution in [2.45, 2.75) is 32.4 Å². The molecule has 0 amide bonds. The molecule has 0 radical (unpaired) electrons. The summed E-state index contributed by atoms with van der Waals surface area (Å²) in [6, 6.07) is 8.06. The number of benzene rings is 1. The van der Waals surface area contributed by atoms with Crippen molar-refractivity contribution >= 4 is 23.7 Å². The summed E-state index contributed by atoms with van der Waals surface area (Å²) in [5.41, 5.74) is 7.09. The van der Waals surface area contributed by atoms with Gasteiger partial charge in [0, 0.05) is 29.6 Å². The molecule has 19 heavy (non-hydrogen) atoms. The smallest absolute Gasteiger partial charge is 0.123 e. The van der Waals surface area contributed by atoms with Gasteiger partial charge in [0.2, 0.25) is 0 Å². The molecule has 0 saturated carbocycles. The molecule has 2 rings (SSSR count). The third kappa shape index (κ3) is 4.28. The number of hydrogen-bond donors (Lipinski definition) is 2. The van der Waals surface area contributed by atoms with Gasteiger partial charge in [0.05, 0.1) is 5.60 Å². The highest BCUT2D eigenvalue weighted by Crippen LogP contribution is 2.29. The lowest BCUT2D eigenvalue weighted by Gasteiger charge is -2.18. The predicted molar refractivity (Wildman–Crippen MR) is 82.7 cm³/mol. The molecule has 1 aromatic carbocycles. The number of aliphatic hydroxyl groups is 1.